The maximum atomic E-state index is 13.2. The van der Waals surface area contributed by atoms with E-state index in [0.717, 1.165) is 22.6 Å². The normalized spacial score (nSPS) is 10.6. The number of amides is 1. The van der Waals surface area contributed by atoms with E-state index in [9.17, 15) is 9.59 Å². The highest BCUT2D eigenvalue weighted by molar-refractivity contribution is 5.93. The number of para-hydroxylation sites is 1. The van der Waals surface area contributed by atoms with Crippen LogP contribution >= 0.6 is 0 Å². The molecule has 0 aliphatic carbocycles. The van der Waals surface area contributed by atoms with Gasteiger partial charge in [-0.05, 0) is 54.4 Å². The van der Waals surface area contributed by atoms with Crippen LogP contribution in [0.25, 0.3) is 11.3 Å². The standard InChI is InChI=1S/C28H27N3O3/c1-34-25-16-14-23(15-17-25)26-18-19-28(33)31(29-26)20-8-13-27(32)30(24-11-6-3-7-12-24)21-22-9-4-2-5-10-22/h2-7,9-12,14-19H,8,13,20-21H2,1H3. The highest BCUT2D eigenvalue weighted by Gasteiger charge is 2.16. The van der Waals surface area contributed by atoms with Gasteiger partial charge in [0.25, 0.3) is 5.56 Å². The Balaban J connectivity index is 1.44. The largest absolute Gasteiger partial charge is 0.497 e. The van der Waals surface area contributed by atoms with Crippen molar-refractivity contribution < 1.29 is 9.53 Å². The fraction of sp³-hybridized carbons (Fsp3) is 0.179. The van der Waals surface area contributed by atoms with Crippen LogP contribution in [0.15, 0.2) is 102 Å². The third-order valence-electron chi connectivity index (χ3n) is 5.57. The van der Waals surface area contributed by atoms with Crippen molar-refractivity contribution in [3.63, 3.8) is 0 Å². The van der Waals surface area contributed by atoms with Crippen molar-refractivity contribution in [3.05, 3.63) is 113 Å². The summed E-state index contributed by atoms with van der Waals surface area (Å²) < 4.78 is 6.63. The average Bonchev–Trinajstić information content (AvgIpc) is 2.89. The van der Waals surface area contributed by atoms with Crippen LogP contribution in [0.2, 0.25) is 0 Å². The fourth-order valence-electron chi connectivity index (χ4n) is 3.74. The fourth-order valence-corrected chi connectivity index (χ4v) is 3.74. The molecule has 3 aromatic carbocycles. The number of aryl methyl sites for hydroxylation is 1. The van der Waals surface area contributed by atoms with Crippen molar-refractivity contribution in [1.82, 2.24) is 9.78 Å². The first-order valence-electron chi connectivity index (χ1n) is 11.3. The van der Waals surface area contributed by atoms with Crippen molar-refractivity contribution in [3.8, 4) is 17.0 Å². The molecule has 34 heavy (non-hydrogen) atoms. The highest BCUT2D eigenvalue weighted by Crippen LogP contribution is 2.20. The number of rotatable bonds is 9. The molecular weight excluding hydrogens is 426 g/mol. The van der Waals surface area contributed by atoms with Crippen LogP contribution in [-0.2, 0) is 17.9 Å². The van der Waals surface area contributed by atoms with Crippen LogP contribution in [-0.4, -0.2) is 22.8 Å². The lowest BCUT2D eigenvalue weighted by Crippen LogP contribution is -2.31. The summed E-state index contributed by atoms with van der Waals surface area (Å²) in [6.07, 6.45) is 0.818. The van der Waals surface area contributed by atoms with E-state index in [4.69, 9.17) is 4.74 Å². The minimum atomic E-state index is -0.186. The number of ether oxygens (including phenoxy) is 1. The lowest BCUT2D eigenvalue weighted by Gasteiger charge is -2.23. The number of methoxy groups -OCH3 is 1. The molecule has 0 fully saturated rings. The number of aromatic nitrogens is 2. The van der Waals surface area contributed by atoms with E-state index in [1.807, 2.05) is 84.9 Å². The number of nitrogens with zero attached hydrogens (tertiary/aromatic N) is 3. The van der Waals surface area contributed by atoms with Gasteiger partial charge < -0.3 is 9.64 Å². The Morgan fingerprint density at radius 2 is 1.56 bits per heavy atom. The van der Waals surface area contributed by atoms with E-state index in [0.29, 0.717) is 31.6 Å². The maximum Gasteiger partial charge on any atom is 0.266 e. The Morgan fingerprint density at radius 3 is 2.24 bits per heavy atom. The predicted molar refractivity (Wildman–Crippen MR) is 134 cm³/mol. The topological polar surface area (TPSA) is 64.4 Å². The molecule has 0 unspecified atom stereocenters. The Bertz CT molecular complexity index is 1270. The Labute approximate surface area is 199 Å². The van der Waals surface area contributed by atoms with E-state index in [1.165, 1.54) is 10.7 Å². The van der Waals surface area contributed by atoms with Gasteiger partial charge in [0, 0.05) is 30.3 Å². The molecule has 0 spiro atoms. The number of benzene rings is 3. The highest BCUT2D eigenvalue weighted by atomic mass is 16.5. The first-order chi connectivity index (χ1) is 16.6. The Morgan fingerprint density at radius 1 is 0.882 bits per heavy atom. The molecule has 172 valence electrons. The summed E-state index contributed by atoms with van der Waals surface area (Å²) in [5.74, 6) is 0.767. The van der Waals surface area contributed by atoms with Gasteiger partial charge in [-0.15, -0.1) is 0 Å². The van der Waals surface area contributed by atoms with Gasteiger partial charge in [0.1, 0.15) is 5.75 Å². The van der Waals surface area contributed by atoms with Crippen molar-refractivity contribution in [1.29, 1.82) is 0 Å². The SMILES string of the molecule is COc1ccc(-c2ccc(=O)n(CCCC(=O)N(Cc3ccccc3)c3ccccc3)n2)cc1. The summed E-state index contributed by atoms with van der Waals surface area (Å²) in [5, 5.41) is 4.50. The number of hydrogen-bond acceptors (Lipinski definition) is 4. The Hall–Kier alpha value is -4.19. The molecule has 6 heteroatoms. The minimum absolute atomic E-state index is 0.00871. The van der Waals surface area contributed by atoms with Gasteiger partial charge >= 0.3 is 0 Å². The number of anilines is 1. The van der Waals surface area contributed by atoms with Crippen molar-refractivity contribution in [2.45, 2.75) is 25.9 Å². The lowest BCUT2D eigenvalue weighted by atomic mass is 10.1. The van der Waals surface area contributed by atoms with Gasteiger partial charge in [-0.3, -0.25) is 9.59 Å². The molecule has 0 atom stereocenters. The van der Waals surface area contributed by atoms with Gasteiger partial charge in [-0.1, -0.05) is 48.5 Å². The molecule has 0 aliphatic rings. The summed E-state index contributed by atoms with van der Waals surface area (Å²) >= 11 is 0. The molecule has 0 bridgehead atoms. The molecule has 0 saturated heterocycles. The zero-order chi connectivity index (χ0) is 23.8. The second-order valence-electron chi connectivity index (χ2n) is 7.91. The molecule has 1 amide bonds. The monoisotopic (exact) mass is 453 g/mol. The number of hydrogen-bond donors (Lipinski definition) is 0. The lowest BCUT2D eigenvalue weighted by molar-refractivity contribution is -0.118. The summed E-state index contributed by atoms with van der Waals surface area (Å²) in [5.41, 5.74) is 3.32. The summed E-state index contributed by atoms with van der Waals surface area (Å²) in [6, 6.07) is 30.3. The summed E-state index contributed by atoms with van der Waals surface area (Å²) in [4.78, 5) is 27.3. The minimum Gasteiger partial charge on any atom is -0.497 e. The zero-order valence-corrected chi connectivity index (χ0v) is 19.1. The van der Waals surface area contributed by atoms with Crippen LogP contribution in [0.4, 0.5) is 5.69 Å². The van der Waals surface area contributed by atoms with Crippen LogP contribution < -0.4 is 15.2 Å². The quantitative estimate of drug-likeness (QED) is 0.360. The maximum absolute atomic E-state index is 13.2. The van der Waals surface area contributed by atoms with E-state index >= 15 is 0 Å². The van der Waals surface area contributed by atoms with Crippen LogP contribution in [0.1, 0.15) is 18.4 Å². The molecule has 1 aromatic heterocycles. The molecule has 4 rings (SSSR count). The molecule has 6 nitrogen and oxygen atoms in total. The summed E-state index contributed by atoms with van der Waals surface area (Å²) in [7, 11) is 1.62. The first kappa shape index (κ1) is 23.0. The van der Waals surface area contributed by atoms with E-state index in [1.54, 1.807) is 18.1 Å². The Kier molecular flexibility index (Phi) is 7.50. The average molecular weight is 454 g/mol. The van der Waals surface area contributed by atoms with Gasteiger partial charge in [-0.2, -0.15) is 5.10 Å². The van der Waals surface area contributed by atoms with Gasteiger partial charge in [0.15, 0.2) is 0 Å². The summed E-state index contributed by atoms with van der Waals surface area (Å²) in [6.45, 7) is 0.859. The second-order valence-corrected chi connectivity index (χ2v) is 7.91. The van der Waals surface area contributed by atoms with Crippen molar-refractivity contribution >= 4 is 11.6 Å². The second kappa shape index (κ2) is 11.1. The molecule has 0 saturated carbocycles. The predicted octanol–water partition coefficient (Wildman–Crippen LogP) is 4.93. The number of carbonyl (C=O) groups is 1. The van der Waals surface area contributed by atoms with Crippen LogP contribution in [0.5, 0.6) is 5.75 Å². The van der Waals surface area contributed by atoms with Gasteiger partial charge in [0.05, 0.1) is 19.3 Å². The van der Waals surface area contributed by atoms with Crippen molar-refractivity contribution in [2.24, 2.45) is 0 Å². The van der Waals surface area contributed by atoms with E-state index in [2.05, 4.69) is 5.10 Å². The third-order valence-corrected chi connectivity index (χ3v) is 5.57. The molecule has 4 aromatic rings. The smallest absolute Gasteiger partial charge is 0.266 e. The zero-order valence-electron chi connectivity index (χ0n) is 19.1. The molecule has 1 heterocycles. The molecular formula is C28H27N3O3. The molecule has 0 radical (unpaired) electrons. The number of carbonyl (C=O) groups excluding carboxylic acids is 1. The molecule has 0 N–H and O–H groups in total. The van der Waals surface area contributed by atoms with E-state index in [-0.39, 0.29) is 11.5 Å². The first-order valence-corrected chi connectivity index (χ1v) is 11.3. The third kappa shape index (κ3) is 5.78. The van der Waals surface area contributed by atoms with E-state index < -0.39 is 0 Å². The molecule has 0 aliphatic heterocycles. The van der Waals surface area contributed by atoms with Gasteiger partial charge in [-0.25, -0.2) is 4.68 Å². The van der Waals surface area contributed by atoms with Crippen molar-refractivity contribution in [2.75, 3.05) is 12.0 Å². The van der Waals surface area contributed by atoms with Gasteiger partial charge in [0.2, 0.25) is 5.91 Å². The van der Waals surface area contributed by atoms with Crippen LogP contribution in [0, 0.1) is 0 Å². The van der Waals surface area contributed by atoms with Crippen LogP contribution in [0.3, 0.4) is 0 Å².